The summed E-state index contributed by atoms with van der Waals surface area (Å²) in [4.78, 5) is 0. The zero-order chi connectivity index (χ0) is 12.1. The number of ether oxygens (including phenoxy) is 1. The maximum atomic E-state index is 5.64. The molecule has 17 heavy (non-hydrogen) atoms. The Balaban J connectivity index is 1.76. The van der Waals surface area contributed by atoms with Crippen LogP contribution in [0.25, 0.3) is 0 Å². The van der Waals surface area contributed by atoms with Crippen molar-refractivity contribution in [1.82, 2.24) is 5.32 Å². The molecule has 94 valence electrons. The van der Waals surface area contributed by atoms with E-state index in [1.54, 1.807) is 0 Å². The van der Waals surface area contributed by atoms with Crippen molar-refractivity contribution < 1.29 is 4.74 Å². The molecule has 1 saturated carbocycles. The second kappa shape index (κ2) is 5.54. The van der Waals surface area contributed by atoms with E-state index in [9.17, 15) is 0 Å². The third kappa shape index (κ3) is 4.04. The lowest BCUT2D eigenvalue weighted by Crippen LogP contribution is -2.26. The van der Waals surface area contributed by atoms with E-state index < -0.39 is 0 Å². The van der Waals surface area contributed by atoms with Gasteiger partial charge in [-0.3, -0.25) is 0 Å². The number of benzene rings is 1. The Labute approximate surface area is 104 Å². The van der Waals surface area contributed by atoms with E-state index in [2.05, 4.69) is 43.4 Å². The molecule has 1 fully saturated rings. The van der Waals surface area contributed by atoms with Crippen molar-refractivity contribution in [2.24, 2.45) is 0 Å². The molecule has 0 saturated heterocycles. The first-order valence-electron chi connectivity index (χ1n) is 6.69. The predicted octanol–water partition coefficient (Wildman–Crippen LogP) is 3.51. The molecule has 0 unspecified atom stereocenters. The van der Waals surface area contributed by atoms with Crippen molar-refractivity contribution in [3.8, 4) is 5.75 Å². The van der Waals surface area contributed by atoms with Gasteiger partial charge in [-0.1, -0.05) is 25.5 Å². The highest BCUT2D eigenvalue weighted by Gasteiger charge is 2.36. The van der Waals surface area contributed by atoms with Gasteiger partial charge in [0.1, 0.15) is 5.75 Å². The lowest BCUT2D eigenvalue weighted by atomic mass is 10.2. The molecule has 0 atom stereocenters. The first kappa shape index (κ1) is 12.4. The summed E-state index contributed by atoms with van der Waals surface area (Å²) in [6.45, 7) is 6.25. The molecule has 0 aromatic heterocycles. The second-order valence-electron chi connectivity index (χ2n) is 5.26. The first-order chi connectivity index (χ1) is 8.22. The van der Waals surface area contributed by atoms with E-state index in [0.29, 0.717) is 5.54 Å². The van der Waals surface area contributed by atoms with E-state index in [-0.39, 0.29) is 0 Å². The number of nitrogens with one attached hydrogen (secondary N) is 1. The van der Waals surface area contributed by atoms with Crippen LogP contribution >= 0.6 is 0 Å². The molecule has 1 N–H and O–H groups in total. The zero-order valence-electron chi connectivity index (χ0n) is 11.0. The summed E-state index contributed by atoms with van der Waals surface area (Å²) >= 11 is 0. The van der Waals surface area contributed by atoms with Gasteiger partial charge in [0.15, 0.2) is 0 Å². The highest BCUT2D eigenvalue weighted by Crippen LogP contribution is 2.34. The van der Waals surface area contributed by atoms with Crippen LogP contribution in [-0.2, 0) is 6.54 Å². The molecule has 0 bridgehead atoms. The Hall–Kier alpha value is -1.02. The number of hydrogen-bond acceptors (Lipinski definition) is 2. The highest BCUT2D eigenvalue weighted by atomic mass is 16.5. The molecule has 0 radical (unpaired) electrons. The summed E-state index contributed by atoms with van der Waals surface area (Å²) in [5, 5.41) is 3.58. The Bertz CT molecular complexity index is 340. The van der Waals surface area contributed by atoms with Crippen molar-refractivity contribution in [1.29, 1.82) is 0 Å². The van der Waals surface area contributed by atoms with Crippen LogP contribution in [0.4, 0.5) is 0 Å². The quantitative estimate of drug-likeness (QED) is 0.728. The van der Waals surface area contributed by atoms with E-state index in [1.165, 1.54) is 24.8 Å². The van der Waals surface area contributed by atoms with Crippen LogP contribution in [0.3, 0.4) is 0 Å². The molecule has 1 aliphatic carbocycles. The van der Waals surface area contributed by atoms with Gasteiger partial charge < -0.3 is 10.1 Å². The van der Waals surface area contributed by atoms with Crippen molar-refractivity contribution in [3.63, 3.8) is 0 Å². The molecule has 2 nitrogen and oxygen atoms in total. The normalized spacial score (nSPS) is 16.8. The fourth-order valence-electron chi connectivity index (χ4n) is 1.72. The van der Waals surface area contributed by atoms with Gasteiger partial charge in [-0.25, -0.2) is 0 Å². The minimum Gasteiger partial charge on any atom is -0.494 e. The highest BCUT2D eigenvalue weighted by molar-refractivity contribution is 5.27. The van der Waals surface area contributed by atoms with Gasteiger partial charge in [-0.05, 0) is 43.9 Å². The van der Waals surface area contributed by atoms with Gasteiger partial charge in [-0.15, -0.1) is 0 Å². The summed E-state index contributed by atoms with van der Waals surface area (Å²) < 4.78 is 5.64. The van der Waals surface area contributed by atoms with E-state index in [4.69, 9.17) is 4.74 Å². The molecule has 0 heterocycles. The number of unbranched alkanes of at least 4 members (excludes halogenated alkanes) is 1. The maximum absolute atomic E-state index is 5.64. The van der Waals surface area contributed by atoms with Gasteiger partial charge in [0, 0.05) is 12.1 Å². The molecule has 0 spiro atoms. The molecule has 2 rings (SSSR count). The van der Waals surface area contributed by atoms with Crippen molar-refractivity contribution >= 4 is 0 Å². The number of rotatable bonds is 7. The van der Waals surface area contributed by atoms with Crippen LogP contribution < -0.4 is 10.1 Å². The summed E-state index contributed by atoms with van der Waals surface area (Å²) in [7, 11) is 0. The third-order valence-electron chi connectivity index (χ3n) is 3.41. The fourth-order valence-corrected chi connectivity index (χ4v) is 1.72. The summed E-state index contributed by atoms with van der Waals surface area (Å²) in [5.74, 6) is 0.986. The van der Waals surface area contributed by atoms with Crippen LogP contribution in [0.1, 0.15) is 45.1 Å². The summed E-state index contributed by atoms with van der Waals surface area (Å²) in [6, 6.07) is 8.45. The minimum absolute atomic E-state index is 0.413. The topological polar surface area (TPSA) is 21.3 Å². The molecule has 1 aromatic carbocycles. The second-order valence-corrected chi connectivity index (χ2v) is 5.26. The minimum atomic E-state index is 0.413. The molecule has 2 heteroatoms. The van der Waals surface area contributed by atoms with Crippen LogP contribution in [0, 0.1) is 0 Å². The predicted molar refractivity (Wildman–Crippen MR) is 71.3 cm³/mol. The van der Waals surface area contributed by atoms with Crippen LogP contribution in [-0.4, -0.2) is 12.1 Å². The van der Waals surface area contributed by atoms with Gasteiger partial charge >= 0.3 is 0 Å². The number of hydrogen-bond donors (Lipinski definition) is 1. The Morgan fingerprint density at radius 3 is 2.53 bits per heavy atom. The Kier molecular flexibility index (Phi) is 4.06. The van der Waals surface area contributed by atoms with E-state index >= 15 is 0 Å². The smallest absolute Gasteiger partial charge is 0.119 e. The van der Waals surface area contributed by atoms with E-state index in [0.717, 1.165) is 25.3 Å². The maximum Gasteiger partial charge on any atom is 0.119 e. The lowest BCUT2D eigenvalue weighted by molar-refractivity contribution is 0.309. The third-order valence-corrected chi connectivity index (χ3v) is 3.41. The molecular formula is C15H23NO. The lowest BCUT2D eigenvalue weighted by Gasteiger charge is -2.11. The van der Waals surface area contributed by atoms with Gasteiger partial charge in [0.25, 0.3) is 0 Å². The Morgan fingerprint density at radius 2 is 1.94 bits per heavy atom. The summed E-state index contributed by atoms with van der Waals surface area (Å²) in [5.41, 5.74) is 1.75. The standard InChI is InChI=1S/C15H23NO/c1-3-4-11-17-14-7-5-13(6-8-14)12-16-15(2)9-10-15/h5-8,16H,3-4,9-12H2,1-2H3. The fraction of sp³-hybridized carbons (Fsp3) is 0.600. The van der Waals surface area contributed by atoms with Crippen LogP contribution in [0.5, 0.6) is 5.75 Å². The Morgan fingerprint density at radius 1 is 1.24 bits per heavy atom. The SMILES string of the molecule is CCCCOc1ccc(CNC2(C)CC2)cc1. The average molecular weight is 233 g/mol. The van der Waals surface area contributed by atoms with Crippen LogP contribution in [0.15, 0.2) is 24.3 Å². The molecule has 1 aliphatic rings. The first-order valence-corrected chi connectivity index (χ1v) is 6.69. The van der Waals surface area contributed by atoms with Gasteiger partial charge in [0.2, 0.25) is 0 Å². The molecule has 0 aliphatic heterocycles. The van der Waals surface area contributed by atoms with Crippen molar-refractivity contribution in [3.05, 3.63) is 29.8 Å². The van der Waals surface area contributed by atoms with Crippen molar-refractivity contribution in [2.75, 3.05) is 6.61 Å². The van der Waals surface area contributed by atoms with E-state index in [1.807, 2.05) is 0 Å². The van der Waals surface area contributed by atoms with Gasteiger partial charge in [-0.2, -0.15) is 0 Å². The van der Waals surface area contributed by atoms with Gasteiger partial charge in [0.05, 0.1) is 6.61 Å². The average Bonchev–Trinajstić information content (AvgIpc) is 3.07. The zero-order valence-corrected chi connectivity index (χ0v) is 11.0. The molecule has 0 amide bonds. The van der Waals surface area contributed by atoms with Crippen molar-refractivity contribution in [2.45, 2.75) is 51.6 Å². The largest absolute Gasteiger partial charge is 0.494 e. The molecular weight excluding hydrogens is 210 g/mol. The molecule has 1 aromatic rings. The summed E-state index contributed by atoms with van der Waals surface area (Å²) in [6.07, 6.45) is 4.93. The monoisotopic (exact) mass is 233 g/mol. The van der Waals surface area contributed by atoms with Crippen LogP contribution in [0.2, 0.25) is 0 Å².